The summed E-state index contributed by atoms with van der Waals surface area (Å²) in [5.41, 5.74) is 3.97. The van der Waals surface area contributed by atoms with Crippen LogP contribution in [0.4, 0.5) is 5.69 Å². The summed E-state index contributed by atoms with van der Waals surface area (Å²) in [4.78, 5) is 16.8. The Morgan fingerprint density at radius 1 is 1.03 bits per heavy atom. The zero-order valence-electron chi connectivity index (χ0n) is 16.9. The molecule has 1 aromatic heterocycles. The van der Waals surface area contributed by atoms with E-state index in [1.54, 1.807) is 24.3 Å². The minimum atomic E-state index is -0.284. The lowest BCUT2D eigenvalue weighted by Gasteiger charge is -2.10. The first-order valence-electron chi connectivity index (χ1n) is 9.89. The first kappa shape index (κ1) is 20.6. The van der Waals surface area contributed by atoms with Crippen LogP contribution >= 0.6 is 12.2 Å². The third-order valence-corrected chi connectivity index (χ3v) is 4.76. The van der Waals surface area contributed by atoms with Crippen molar-refractivity contribution in [3.63, 3.8) is 0 Å². The zero-order valence-corrected chi connectivity index (χ0v) is 17.7. The lowest BCUT2D eigenvalue weighted by atomic mass is 10.1. The molecular formula is C24H21N3O3S. The van der Waals surface area contributed by atoms with Crippen LogP contribution in [-0.4, -0.2) is 22.6 Å². The molecule has 0 aliphatic carbocycles. The van der Waals surface area contributed by atoms with E-state index in [1.807, 2.05) is 55.5 Å². The fourth-order valence-corrected chi connectivity index (χ4v) is 3.29. The van der Waals surface area contributed by atoms with Gasteiger partial charge in [-0.25, -0.2) is 4.98 Å². The summed E-state index contributed by atoms with van der Waals surface area (Å²) < 4.78 is 11.2. The molecule has 4 rings (SSSR count). The number of para-hydroxylation sites is 2. The van der Waals surface area contributed by atoms with Crippen molar-refractivity contribution in [2.24, 2.45) is 0 Å². The van der Waals surface area contributed by atoms with Gasteiger partial charge < -0.3 is 14.5 Å². The van der Waals surface area contributed by atoms with Gasteiger partial charge in [-0.3, -0.25) is 10.1 Å². The summed E-state index contributed by atoms with van der Waals surface area (Å²) in [6, 6.07) is 22.3. The van der Waals surface area contributed by atoms with Crippen molar-refractivity contribution in [3.05, 3.63) is 89.8 Å². The molecule has 7 heteroatoms. The SMILES string of the molecule is CCOc1ccc(C(=O)NC(=S)Nc2ccc(Cc3nc4ccccc4o3)cc2)cc1. The van der Waals surface area contributed by atoms with E-state index in [0.717, 1.165) is 28.1 Å². The number of fused-ring (bicyclic) bond motifs is 1. The molecule has 0 aliphatic heterocycles. The van der Waals surface area contributed by atoms with E-state index < -0.39 is 0 Å². The Morgan fingerprint density at radius 3 is 2.48 bits per heavy atom. The number of hydrogen-bond acceptors (Lipinski definition) is 5. The number of nitrogens with zero attached hydrogens (tertiary/aromatic N) is 1. The number of carbonyl (C=O) groups is 1. The van der Waals surface area contributed by atoms with E-state index in [2.05, 4.69) is 15.6 Å². The van der Waals surface area contributed by atoms with Crippen LogP contribution < -0.4 is 15.4 Å². The number of hydrogen-bond donors (Lipinski definition) is 2. The van der Waals surface area contributed by atoms with Crippen molar-refractivity contribution in [2.75, 3.05) is 11.9 Å². The van der Waals surface area contributed by atoms with Gasteiger partial charge in [0.05, 0.1) is 6.61 Å². The molecule has 0 unspecified atom stereocenters. The Bertz CT molecular complexity index is 1170. The molecule has 0 spiro atoms. The number of benzene rings is 3. The number of anilines is 1. The highest BCUT2D eigenvalue weighted by molar-refractivity contribution is 7.80. The van der Waals surface area contributed by atoms with Gasteiger partial charge in [-0.15, -0.1) is 0 Å². The maximum Gasteiger partial charge on any atom is 0.257 e. The van der Waals surface area contributed by atoms with Gasteiger partial charge in [0.1, 0.15) is 11.3 Å². The molecule has 3 aromatic carbocycles. The predicted octanol–water partition coefficient (Wildman–Crippen LogP) is 4.94. The van der Waals surface area contributed by atoms with Crippen LogP contribution in [0.25, 0.3) is 11.1 Å². The molecule has 0 saturated carbocycles. The molecule has 0 fully saturated rings. The number of amides is 1. The van der Waals surface area contributed by atoms with Crippen LogP contribution in [0.1, 0.15) is 28.7 Å². The van der Waals surface area contributed by atoms with E-state index in [1.165, 1.54) is 0 Å². The van der Waals surface area contributed by atoms with E-state index in [-0.39, 0.29) is 11.0 Å². The average molecular weight is 432 g/mol. The number of thiocarbonyl (C=S) groups is 1. The molecular weight excluding hydrogens is 410 g/mol. The van der Waals surface area contributed by atoms with Gasteiger partial charge in [0.2, 0.25) is 0 Å². The molecule has 0 atom stereocenters. The largest absolute Gasteiger partial charge is 0.494 e. The maximum absolute atomic E-state index is 12.3. The molecule has 0 saturated heterocycles. The summed E-state index contributed by atoms with van der Waals surface area (Å²) in [6.45, 7) is 2.49. The molecule has 6 nitrogen and oxygen atoms in total. The second kappa shape index (κ2) is 9.40. The fraction of sp³-hybridized carbons (Fsp3) is 0.125. The van der Waals surface area contributed by atoms with Gasteiger partial charge in [-0.05, 0) is 73.2 Å². The van der Waals surface area contributed by atoms with Gasteiger partial charge >= 0.3 is 0 Å². The first-order chi connectivity index (χ1) is 15.1. The number of nitrogens with one attached hydrogen (secondary N) is 2. The van der Waals surface area contributed by atoms with E-state index >= 15 is 0 Å². The maximum atomic E-state index is 12.3. The molecule has 0 bridgehead atoms. The van der Waals surface area contributed by atoms with E-state index in [4.69, 9.17) is 21.4 Å². The minimum absolute atomic E-state index is 0.227. The molecule has 1 heterocycles. The molecule has 1 amide bonds. The van der Waals surface area contributed by atoms with Gasteiger partial charge in [0.25, 0.3) is 5.91 Å². The fourth-order valence-electron chi connectivity index (χ4n) is 3.08. The van der Waals surface area contributed by atoms with Crippen molar-refractivity contribution in [1.29, 1.82) is 0 Å². The second-order valence-corrected chi connectivity index (χ2v) is 7.22. The molecule has 4 aromatic rings. The third-order valence-electron chi connectivity index (χ3n) is 4.56. The normalized spacial score (nSPS) is 10.6. The lowest BCUT2D eigenvalue weighted by molar-refractivity contribution is 0.0977. The van der Waals surface area contributed by atoms with Crippen LogP contribution in [0, 0.1) is 0 Å². The monoisotopic (exact) mass is 431 g/mol. The Hall–Kier alpha value is -3.71. The van der Waals surface area contributed by atoms with Crippen LogP contribution in [0.2, 0.25) is 0 Å². The number of rotatable bonds is 6. The topological polar surface area (TPSA) is 76.4 Å². The molecule has 0 radical (unpaired) electrons. The van der Waals surface area contributed by atoms with Crippen LogP contribution in [0.15, 0.2) is 77.2 Å². The van der Waals surface area contributed by atoms with Gasteiger partial charge in [0.15, 0.2) is 16.6 Å². The summed E-state index contributed by atoms with van der Waals surface area (Å²) >= 11 is 5.26. The zero-order chi connectivity index (χ0) is 21.6. The molecule has 0 aliphatic rings. The standard InChI is InChI=1S/C24H21N3O3S/c1-2-29-19-13-9-17(10-14-19)23(28)27-24(31)25-18-11-7-16(8-12-18)15-22-26-20-5-3-4-6-21(20)30-22/h3-14H,2,15H2,1H3,(H2,25,27,28,31). The quantitative estimate of drug-likeness (QED) is 0.421. The molecule has 2 N–H and O–H groups in total. The van der Waals surface area contributed by atoms with Crippen LogP contribution in [0.5, 0.6) is 5.75 Å². The average Bonchev–Trinajstić information content (AvgIpc) is 3.18. The molecule has 31 heavy (non-hydrogen) atoms. The van der Waals surface area contributed by atoms with E-state index in [0.29, 0.717) is 24.5 Å². The Kier molecular flexibility index (Phi) is 6.24. The summed E-state index contributed by atoms with van der Waals surface area (Å²) in [7, 11) is 0. The van der Waals surface area contributed by atoms with E-state index in [9.17, 15) is 4.79 Å². The van der Waals surface area contributed by atoms with Crippen molar-refractivity contribution in [2.45, 2.75) is 13.3 Å². The van der Waals surface area contributed by atoms with Crippen molar-refractivity contribution < 1.29 is 13.9 Å². The summed E-state index contributed by atoms with van der Waals surface area (Å²) in [6.07, 6.45) is 0.591. The van der Waals surface area contributed by atoms with Gasteiger partial charge in [-0.1, -0.05) is 24.3 Å². The van der Waals surface area contributed by atoms with Gasteiger partial charge in [0, 0.05) is 17.7 Å². The van der Waals surface area contributed by atoms with Crippen molar-refractivity contribution >= 4 is 40.0 Å². The summed E-state index contributed by atoms with van der Waals surface area (Å²) in [5.74, 6) is 1.10. The number of ether oxygens (including phenoxy) is 1. The lowest BCUT2D eigenvalue weighted by Crippen LogP contribution is -2.34. The minimum Gasteiger partial charge on any atom is -0.494 e. The van der Waals surface area contributed by atoms with Gasteiger partial charge in [-0.2, -0.15) is 0 Å². The smallest absolute Gasteiger partial charge is 0.257 e. The highest BCUT2D eigenvalue weighted by Crippen LogP contribution is 2.18. The Morgan fingerprint density at radius 2 is 1.77 bits per heavy atom. The highest BCUT2D eigenvalue weighted by Gasteiger charge is 2.09. The summed E-state index contributed by atoms with van der Waals surface area (Å²) in [5, 5.41) is 5.93. The Balaban J connectivity index is 1.32. The molecule has 156 valence electrons. The van der Waals surface area contributed by atoms with Crippen LogP contribution in [0.3, 0.4) is 0 Å². The number of carbonyl (C=O) groups excluding carboxylic acids is 1. The predicted molar refractivity (Wildman–Crippen MR) is 125 cm³/mol. The van der Waals surface area contributed by atoms with Crippen LogP contribution in [-0.2, 0) is 6.42 Å². The number of aromatic nitrogens is 1. The number of oxazole rings is 1. The first-order valence-corrected chi connectivity index (χ1v) is 10.3. The highest BCUT2D eigenvalue weighted by atomic mass is 32.1. The van der Waals surface area contributed by atoms with Crippen molar-refractivity contribution in [1.82, 2.24) is 10.3 Å². The second-order valence-electron chi connectivity index (χ2n) is 6.81. The van der Waals surface area contributed by atoms with Crippen molar-refractivity contribution in [3.8, 4) is 5.75 Å². The Labute approximate surface area is 185 Å². The third kappa shape index (κ3) is 5.26.